The van der Waals surface area contributed by atoms with Gasteiger partial charge in [-0.25, -0.2) is 8.42 Å². The molecule has 0 spiro atoms. The van der Waals surface area contributed by atoms with E-state index >= 15 is 0 Å². The van der Waals surface area contributed by atoms with Gasteiger partial charge in [0.1, 0.15) is 5.75 Å². The summed E-state index contributed by atoms with van der Waals surface area (Å²) in [6, 6.07) is 4.97. The van der Waals surface area contributed by atoms with Gasteiger partial charge in [0, 0.05) is 0 Å². The Labute approximate surface area is 85.0 Å². The fourth-order valence-corrected chi connectivity index (χ4v) is 1.85. The molecule has 2 atom stereocenters. The van der Waals surface area contributed by atoms with Crippen molar-refractivity contribution in [3.8, 4) is 5.75 Å². The van der Waals surface area contributed by atoms with Crippen molar-refractivity contribution >= 4 is 28.2 Å². The van der Waals surface area contributed by atoms with Gasteiger partial charge < -0.3 is 5.11 Å². The maximum Gasteiger partial charge on any atom is 0.276 e. The van der Waals surface area contributed by atoms with Crippen molar-refractivity contribution in [1.82, 2.24) is 0 Å². The van der Waals surface area contributed by atoms with Crippen molar-refractivity contribution in [3.05, 3.63) is 24.3 Å². The van der Waals surface area contributed by atoms with E-state index in [1.54, 1.807) is 0 Å². The van der Waals surface area contributed by atoms with Gasteiger partial charge in [0.25, 0.3) is 22.5 Å². The number of hydrogen-bond donors (Lipinski definition) is 3. The molecular weight excluding hydrogens is 230 g/mol. The Morgan fingerprint density at radius 2 is 1.43 bits per heavy atom. The summed E-state index contributed by atoms with van der Waals surface area (Å²) in [5.41, 5.74) is 0.0597. The Bertz CT molecular complexity index is 351. The monoisotopic (exact) mass is 237 g/mol. The number of rotatable bonds is 3. The van der Waals surface area contributed by atoms with Crippen molar-refractivity contribution in [2.75, 3.05) is 3.71 Å². The molecule has 0 aliphatic rings. The van der Waals surface area contributed by atoms with Gasteiger partial charge in [-0.2, -0.15) is 3.71 Å². The van der Waals surface area contributed by atoms with Crippen LogP contribution in [0.5, 0.6) is 5.75 Å². The molecule has 3 N–H and O–H groups in total. The highest BCUT2D eigenvalue weighted by Crippen LogP contribution is 2.20. The molecule has 1 aromatic carbocycles. The first-order chi connectivity index (χ1) is 6.52. The number of benzene rings is 1. The maximum atomic E-state index is 10.6. The Balaban J connectivity index is 3.06. The van der Waals surface area contributed by atoms with E-state index in [1.807, 2.05) is 0 Å². The Morgan fingerprint density at radius 1 is 1.00 bits per heavy atom. The lowest BCUT2D eigenvalue weighted by Crippen LogP contribution is -2.26. The maximum absolute atomic E-state index is 10.6. The molecule has 1 aromatic rings. The lowest BCUT2D eigenvalue weighted by Gasteiger charge is -2.13. The molecule has 0 fully saturated rings. The Morgan fingerprint density at radius 3 is 1.79 bits per heavy atom. The van der Waals surface area contributed by atoms with Crippen molar-refractivity contribution in [3.63, 3.8) is 0 Å². The van der Waals surface area contributed by atoms with Crippen molar-refractivity contribution in [2.45, 2.75) is 0 Å². The van der Waals surface area contributed by atoms with Gasteiger partial charge >= 0.3 is 0 Å². The Hall–Kier alpha value is -0.960. The van der Waals surface area contributed by atoms with E-state index in [9.17, 15) is 8.42 Å². The van der Waals surface area contributed by atoms with Gasteiger partial charge in [0.05, 0.1) is 5.69 Å². The molecule has 8 heteroatoms. The number of aromatic hydroxyl groups is 1. The zero-order valence-electron chi connectivity index (χ0n) is 6.73. The van der Waals surface area contributed by atoms with Crippen LogP contribution in [-0.4, -0.2) is 22.6 Å². The fraction of sp³-hybridized carbons (Fsp3) is 0. The number of nitrogens with zero attached hydrogens (tertiary/aromatic N) is 1. The zero-order chi connectivity index (χ0) is 10.7. The third kappa shape index (κ3) is 2.51. The van der Waals surface area contributed by atoms with Gasteiger partial charge in [0.2, 0.25) is 0 Å². The third-order valence-electron chi connectivity index (χ3n) is 1.34. The molecule has 0 saturated heterocycles. The molecule has 6 nitrogen and oxygen atoms in total. The molecule has 78 valence electrons. The average molecular weight is 237 g/mol. The highest BCUT2D eigenvalue weighted by Gasteiger charge is 2.17. The first-order valence-corrected chi connectivity index (χ1v) is 5.46. The molecule has 0 amide bonds. The lowest BCUT2D eigenvalue weighted by molar-refractivity contribution is 0.475. The van der Waals surface area contributed by atoms with E-state index in [0.29, 0.717) is 3.71 Å². The van der Waals surface area contributed by atoms with Crippen LogP contribution >= 0.6 is 0 Å². The topological polar surface area (TPSA) is 98.1 Å². The predicted molar refractivity (Wildman–Crippen MR) is 52.1 cm³/mol. The predicted octanol–water partition coefficient (Wildman–Crippen LogP) is 0.472. The molecule has 2 unspecified atom stereocenters. The van der Waals surface area contributed by atoms with E-state index in [4.69, 9.17) is 14.2 Å². The summed E-state index contributed by atoms with van der Waals surface area (Å²) in [5, 5.41) is 8.92. The summed E-state index contributed by atoms with van der Waals surface area (Å²) >= 11 is -5.18. The molecule has 0 bridgehead atoms. The molecule has 0 radical (unpaired) electrons. The van der Waals surface area contributed by atoms with E-state index in [-0.39, 0.29) is 11.4 Å². The zero-order valence-corrected chi connectivity index (χ0v) is 8.36. The van der Waals surface area contributed by atoms with Crippen LogP contribution in [0, 0.1) is 0 Å². The third-order valence-corrected chi connectivity index (χ3v) is 3.10. The highest BCUT2D eigenvalue weighted by molar-refractivity contribution is 7.99. The van der Waals surface area contributed by atoms with Crippen LogP contribution in [0.1, 0.15) is 0 Å². The standard InChI is InChI=1S/C6H7NO5S2/c8-6-3-1-5(2-4-6)7(13(9)10)14(11)12/h1-4,8H,(H,9,10)(H,11,12). The molecule has 0 aliphatic carbocycles. The van der Waals surface area contributed by atoms with Gasteiger partial charge in [-0.1, -0.05) is 0 Å². The summed E-state index contributed by atoms with van der Waals surface area (Å²) in [6.45, 7) is 0. The van der Waals surface area contributed by atoms with Crippen LogP contribution in [-0.2, 0) is 22.5 Å². The van der Waals surface area contributed by atoms with Gasteiger partial charge in [-0.3, -0.25) is 9.11 Å². The molecule has 0 heterocycles. The summed E-state index contributed by atoms with van der Waals surface area (Å²) in [5.74, 6) is -0.0406. The first kappa shape index (κ1) is 11.1. The smallest absolute Gasteiger partial charge is 0.276 e. The fourth-order valence-electron chi connectivity index (χ4n) is 0.809. The van der Waals surface area contributed by atoms with E-state index in [0.717, 1.165) is 0 Å². The van der Waals surface area contributed by atoms with Gasteiger partial charge in [0.15, 0.2) is 0 Å². The van der Waals surface area contributed by atoms with E-state index < -0.39 is 22.5 Å². The summed E-state index contributed by atoms with van der Waals surface area (Å²) in [4.78, 5) is 0. The molecule has 0 aliphatic heterocycles. The number of hydrogen-bond acceptors (Lipinski definition) is 3. The van der Waals surface area contributed by atoms with Crippen LogP contribution in [0.25, 0.3) is 0 Å². The number of phenols is 1. The molecule has 1 rings (SSSR count). The van der Waals surface area contributed by atoms with Crippen LogP contribution < -0.4 is 3.71 Å². The SMILES string of the molecule is O=S(O)N(c1ccc(O)cc1)S(=O)O. The highest BCUT2D eigenvalue weighted by atomic mass is 32.3. The van der Waals surface area contributed by atoms with E-state index in [1.165, 1.54) is 24.3 Å². The van der Waals surface area contributed by atoms with Crippen molar-refractivity contribution in [2.24, 2.45) is 0 Å². The lowest BCUT2D eigenvalue weighted by atomic mass is 10.3. The summed E-state index contributed by atoms with van der Waals surface area (Å²) < 4.78 is 39.0. The molecule has 0 saturated carbocycles. The molecule has 14 heavy (non-hydrogen) atoms. The summed E-state index contributed by atoms with van der Waals surface area (Å²) in [6.07, 6.45) is 0. The number of anilines is 1. The van der Waals surface area contributed by atoms with Crippen LogP contribution in [0.3, 0.4) is 0 Å². The number of phenolic OH excluding ortho intramolecular Hbond substituents is 1. The minimum atomic E-state index is -2.59. The van der Waals surface area contributed by atoms with Crippen molar-refractivity contribution in [1.29, 1.82) is 0 Å². The van der Waals surface area contributed by atoms with Gasteiger partial charge in [-0.05, 0) is 24.3 Å². The quantitative estimate of drug-likeness (QED) is 0.664. The second kappa shape index (κ2) is 4.51. The molecule has 0 aromatic heterocycles. The minimum Gasteiger partial charge on any atom is -0.508 e. The van der Waals surface area contributed by atoms with Crippen LogP contribution in [0.2, 0.25) is 0 Å². The van der Waals surface area contributed by atoms with E-state index in [2.05, 4.69) is 0 Å². The second-order valence-corrected chi connectivity index (χ2v) is 4.12. The molecular formula is C6H7NO5S2. The van der Waals surface area contributed by atoms with Crippen LogP contribution in [0.4, 0.5) is 5.69 Å². The van der Waals surface area contributed by atoms with Crippen molar-refractivity contribution < 1.29 is 22.6 Å². The largest absolute Gasteiger partial charge is 0.508 e. The average Bonchev–Trinajstić information content (AvgIpc) is 2.07. The Kier molecular flexibility index (Phi) is 3.58. The minimum absolute atomic E-state index is 0.0406. The van der Waals surface area contributed by atoms with Crippen LogP contribution in [0.15, 0.2) is 24.3 Å². The second-order valence-electron chi connectivity index (χ2n) is 2.23. The van der Waals surface area contributed by atoms with Gasteiger partial charge in [-0.15, -0.1) is 0 Å². The normalized spacial score (nSPS) is 14.7. The first-order valence-electron chi connectivity index (χ1n) is 3.33. The summed E-state index contributed by atoms with van der Waals surface area (Å²) in [7, 11) is 0.